The summed E-state index contributed by atoms with van der Waals surface area (Å²) in [7, 11) is 0. The van der Waals surface area contributed by atoms with Gasteiger partial charge >= 0.3 is 0 Å². The molecule has 1 nitrogen and oxygen atoms in total. The van der Waals surface area contributed by atoms with Crippen molar-refractivity contribution < 1.29 is 0 Å². The van der Waals surface area contributed by atoms with Crippen molar-refractivity contribution in [1.29, 1.82) is 0 Å². The molecule has 2 N–H and O–H groups in total. The topological polar surface area (TPSA) is 26.0 Å². The van der Waals surface area contributed by atoms with Gasteiger partial charge in [-0.25, -0.2) is 0 Å². The van der Waals surface area contributed by atoms with Crippen LogP contribution in [0.25, 0.3) is 22.3 Å². The minimum absolute atomic E-state index is 0.890. The molecule has 4 aromatic rings. The number of anilines is 1. The van der Waals surface area contributed by atoms with Crippen molar-refractivity contribution in [1.82, 2.24) is 0 Å². The Kier molecular flexibility index (Phi) is 6.51. The fourth-order valence-electron chi connectivity index (χ4n) is 3.26. The summed E-state index contributed by atoms with van der Waals surface area (Å²) in [6.45, 7) is 8.45. The van der Waals surface area contributed by atoms with Crippen LogP contribution in [-0.2, 0) is 0 Å². The predicted molar refractivity (Wildman–Crippen MR) is 127 cm³/mol. The first-order valence-electron chi connectivity index (χ1n) is 10.0. The minimum Gasteiger partial charge on any atom is -0.398 e. The molecule has 4 rings (SSSR count). The number of hydrogen-bond acceptors (Lipinski definition) is 1. The minimum atomic E-state index is 0.890. The lowest BCUT2D eigenvalue weighted by molar-refractivity contribution is 1.34. The number of rotatable bonds is 2. The van der Waals surface area contributed by atoms with Crippen LogP contribution in [-0.4, -0.2) is 0 Å². The maximum Gasteiger partial charge on any atom is 0.0426 e. The largest absolute Gasteiger partial charge is 0.398 e. The van der Waals surface area contributed by atoms with E-state index in [0.717, 1.165) is 11.3 Å². The van der Waals surface area contributed by atoms with Gasteiger partial charge in [-0.15, -0.1) is 0 Å². The Hall–Kier alpha value is -3.32. The number of hydrogen-bond donors (Lipinski definition) is 1. The van der Waals surface area contributed by atoms with Gasteiger partial charge in [-0.3, -0.25) is 0 Å². The van der Waals surface area contributed by atoms with E-state index in [1.165, 1.54) is 38.9 Å². The molecule has 0 aliphatic heterocycles. The fraction of sp³-hybridized carbons (Fsp3) is 0.143. The van der Waals surface area contributed by atoms with Crippen LogP contribution in [0.5, 0.6) is 0 Å². The van der Waals surface area contributed by atoms with Crippen LogP contribution in [0.4, 0.5) is 5.69 Å². The predicted octanol–water partition coefficient (Wildman–Crippen LogP) is 7.52. The lowest BCUT2D eigenvalue weighted by Crippen LogP contribution is -1.95. The Labute approximate surface area is 174 Å². The zero-order chi connectivity index (χ0) is 20.8. The number of aryl methyl sites for hydroxylation is 3. The molecule has 0 heterocycles. The highest BCUT2D eigenvalue weighted by molar-refractivity contribution is 5.79. The van der Waals surface area contributed by atoms with E-state index in [1.54, 1.807) is 0 Å². The van der Waals surface area contributed by atoms with E-state index in [4.69, 9.17) is 5.73 Å². The Balaban J connectivity index is 0.000000166. The van der Waals surface area contributed by atoms with Gasteiger partial charge in [-0.1, -0.05) is 91.0 Å². The quantitative estimate of drug-likeness (QED) is 0.358. The first kappa shape index (κ1) is 20.4. The van der Waals surface area contributed by atoms with Crippen LogP contribution in [0.1, 0.15) is 22.3 Å². The Morgan fingerprint density at radius 3 is 1.62 bits per heavy atom. The third-order valence-electron chi connectivity index (χ3n) is 5.48. The van der Waals surface area contributed by atoms with Crippen LogP contribution in [0.3, 0.4) is 0 Å². The molecule has 0 radical (unpaired) electrons. The summed E-state index contributed by atoms with van der Waals surface area (Å²) in [5.41, 5.74) is 17.0. The molecule has 0 saturated heterocycles. The smallest absolute Gasteiger partial charge is 0.0426 e. The van der Waals surface area contributed by atoms with Gasteiger partial charge in [0.25, 0.3) is 0 Å². The normalized spacial score (nSPS) is 10.2. The summed E-state index contributed by atoms with van der Waals surface area (Å²) in [6.07, 6.45) is 0. The van der Waals surface area contributed by atoms with Gasteiger partial charge < -0.3 is 5.73 Å². The lowest BCUT2D eigenvalue weighted by Gasteiger charge is -2.10. The second-order valence-corrected chi connectivity index (χ2v) is 7.50. The van der Waals surface area contributed by atoms with Gasteiger partial charge in [0.1, 0.15) is 0 Å². The molecule has 146 valence electrons. The van der Waals surface area contributed by atoms with Gasteiger partial charge in [-0.05, 0) is 66.6 Å². The van der Waals surface area contributed by atoms with Gasteiger partial charge in [0.15, 0.2) is 0 Å². The number of benzene rings is 4. The Bertz CT molecular complexity index is 1080. The molecule has 0 spiro atoms. The van der Waals surface area contributed by atoms with Gasteiger partial charge in [-0.2, -0.15) is 0 Å². The van der Waals surface area contributed by atoms with Gasteiger partial charge in [0.2, 0.25) is 0 Å². The molecule has 0 saturated carbocycles. The number of nitrogen functional groups attached to an aromatic ring is 1. The lowest BCUT2D eigenvalue weighted by atomic mass is 9.98. The summed E-state index contributed by atoms with van der Waals surface area (Å²) in [5, 5.41) is 0. The highest BCUT2D eigenvalue weighted by Crippen LogP contribution is 2.29. The first-order chi connectivity index (χ1) is 14.0. The Morgan fingerprint density at radius 2 is 1.03 bits per heavy atom. The van der Waals surface area contributed by atoms with Crippen molar-refractivity contribution in [2.75, 3.05) is 5.73 Å². The standard InChI is InChI=1S/C14H15N.C14H14/c1-10-8-9-13(14(15)11(10)2)12-6-4-3-5-7-12;1-11-8-9-14(10-12(11)2)13-6-4-3-5-7-13/h3-9H,15H2,1-2H3;3-10H,1-2H3. The van der Waals surface area contributed by atoms with Gasteiger partial charge in [0, 0.05) is 11.3 Å². The molecule has 1 heteroatoms. The zero-order valence-electron chi connectivity index (χ0n) is 17.7. The summed E-state index contributed by atoms with van der Waals surface area (Å²) in [6, 6.07) is 31.5. The van der Waals surface area contributed by atoms with Crippen LogP contribution >= 0.6 is 0 Å². The summed E-state index contributed by atoms with van der Waals surface area (Å²) in [5.74, 6) is 0. The second kappa shape index (κ2) is 9.25. The van der Waals surface area contributed by atoms with Crippen molar-refractivity contribution in [3.05, 3.63) is 113 Å². The van der Waals surface area contributed by atoms with Gasteiger partial charge in [0.05, 0.1) is 0 Å². The monoisotopic (exact) mass is 379 g/mol. The highest BCUT2D eigenvalue weighted by Gasteiger charge is 2.05. The summed E-state index contributed by atoms with van der Waals surface area (Å²) >= 11 is 0. The SMILES string of the molecule is Cc1ccc(-c2ccccc2)c(N)c1C.Cc1ccc(-c2ccccc2)cc1C. The van der Waals surface area contributed by atoms with Crippen LogP contribution in [0.2, 0.25) is 0 Å². The van der Waals surface area contributed by atoms with E-state index in [1.807, 2.05) is 24.3 Å². The molecule has 0 atom stereocenters. The molecule has 0 bridgehead atoms. The third kappa shape index (κ3) is 4.94. The van der Waals surface area contributed by atoms with E-state index in [2.05, 4.69) is 94.4 Å². The maximum absolute atomic E-state index is 6.12. The summed E-state index contributed by atoms with van der Waals surface area (Å²) in [4.78, 5) is 0. The van der Waals surface area contributed by atoms with Crippen LogP contribution in [0.15, 0.2) is 91.0 Å². The van der Waals surface area contributed by atoms with Crippen molar-refractivity contribution in [3.63, 3.8) is 0 Å². The highest BCUT2D eigenvalue weighted by atomic mass is 14.6. The third-order valence-corrected chi connectivity index (χ3v) is 5.48. The Morgan fingerprint density at radius 1 is 0.483 bits per heavy atom. The van der Waals surface area contributed by atoms with E-state index in [0.29, 0.717) is 0 Å². The molecular weight excluding hydrogens is 350 g/mol. The van der Waals surface area contributed by atoms with Crippen molar-refractivity contribution in [2.24, 2.45) is 0 Å². The van der Waals surface area contributed by atoms with E-state index in [-0.39, 0.29) is 0 Å². The summed E-state index contributed by atoms with van der Waals surface area (Å²) < 4.78 is 0. The number of nitrogens with two attached hydrogens (primary N) is 1. The van der Waals surface area contributed by atoms with Crippen molar-refractivity contribution in [2.45, 2.75) is 27.7 Å². The zero-order valence-corrected chi connectivity index (χ0v) is 17.7. The maximum atomic E-state index is 6.12. The molecule has 0 amide bonds. The average Bonchev–Trinajstić information content (AvgIpc) is 2.76. The molecule has 0 unspecified atom stereocenters. The van der Waals surface area contributed by atoms with Crippen molar-refractivity contribution in [3.8, 4) is 22.3 Å². The average molecular weight is 380 g/mol. The van der Waals surface area contributed by atoms with E-state index >= 15 is 0 Å². The van der Waals surface area contributed by atoms with Crippen LogP contribution < -0.4 is 5.73 Å². The fourth-order valence-corrected chi connectivity index (χ4v) is 3.26. The molecule has 0 aliphatic carbocycles. The molecular formula is C28H29N. The molecule has 0 aliphatic rings. The molecule has 4 aromatic carbocycles. The molecule has 0 aromatic heterocycles. The first-order valence-corrected chi connectivity index (χ1v) is 10.0. The van der Waals surface area contributed by atoms with E-state index in [9.17, 15) is 0 Å². The molecule has 0 fully saturated rings. The second-order valence-electron chi connectivity index (χ2n) is 7.50. The van der Waals surface area contributed by atoms with Crippen LogP contribution in [0, 0.1) is 27.7 Å². The molecule has 29 heavy (non-hydrogen) atoms. The van der Waals surface area contributed by atoms with E-state index < -0.39 is 0 Å². The van der Waals surface area contributed by atoms with Crippen molar-refractivity contribution >= 4 is 5.69 Å².